The van der Waals surface area contributed by atoms with Gasteiger partial charge in [0.2, 0.25) is 0 Å². The molecular weight excluding hydrogens is 386 g/mol. The minimum atomic E-state index is -4.38. The summed E-state index contributed by atoms with van der Waals surface area (Å²) in [4.78, 5) is 3.86. The zero-order valence-electron chi connectivity index (χ0n) is 13.4. The Bertz CT molecular complexity index is 842. The normalized spacial score (nSPS) is 13.0. The molecule has 0 spiro atoms. The minimum absolute atomic E-state index is 0.0780. The van der Waals surface area contributed by atoms with Gasteiger partial charge in [0.05, 0.1) is 11.6 Å². The maximum Gasteiger partial charge on any atom is 0.395 e. The van der Waals surface area contributed by atoms with E-state index in [0.29, 0.717) is 0 Å². The number of aryl methyl sites for hydroxylation is 1. The summed E-state index contributed by atoms with van der Waals surface area (Å²) in [5, 5.41) is 4.40. The largest absolute Gasteiger partial charge is 0.395 e. The van der Waals surface area contributed by atoms with Crippen molar-refractivity contribution in [2.75, 3.05) is 0 Å². The first-order chi connectivity index (χ1) is 12.3. The van der Waals surface area contributed by atoms with Crippen LogP contribution in [0.1, 0.15) is 23.5 Å². The van der Waals surface area contributed by atoms with Crippen LogP contribution in [0.4, 0.5) is 13.2 Å². The molecule has 0 amide bonds. The zero-order chi connectivity index (χ0) is 18.7. The van der Waals surface area contributed by atoms with E-state index in [1.807, 2.05) is 0 Å². The molecule has 0 saturated carbocycles. The van der Waals surface area contributed by atoms with E-state index < -0.39 is 12.1 Å². The van der Waals surface area contributed by atoms with Gasteiger partial charge in [-0.25, -0.2) is 9.67 Å². The molecule has 3 nitrogen and oxygen atoms in total. The molecule has 0 bridgehead atoms. The number of rotatable bonds is 5. The van der Waals surface area contributed by atoms with E-state index in [-0.39, 0.29) is 28.5 Å². The molecule has 2 aromatic carbocycles. The van der Waals surface area contributed by atoms with Crippen molar-refractivity contribution < 1.29 is 13.2 Å². The van der Waals surface area contributed by atoms with Gasteiger partial charge in [0.25, 0.3) is 0 Å². The zero-order valence-corrected chi connectivity index (χ0v) is 14.9. The first kappa shape index (κ1) is 18.7. The quantitative estimate of drug-likeness (QED) is 0.538. The highest BCUT2D eigenvalue weighted by atomic mass is 35.5. The van der Waals surface area contributed by atoms with Crippen LogP contribution >= 0.6 is 23.2 Å². The summed E-state index contributed by atoms with van der Waals surface area (Å²) < 4.78 is 42.1. The summed E-state index contributed by atoms with van der Waals surface area (Å²) >= 11 is 11.7. The third kappa shape index (κ3) is 4.56. The Kier molecular flexibility index (Phi) is 5.53. The lowest BCUT2D eigenvalue weighted by atomic mass is 9.91. The van der Waals surface area contributed by atoms with Crippen molar-refractivity contribution in [3.05, 3.63) is 76.3 Å². The van der Waals surface area contributed by atoms with Crippen LogP contribution < -0.4 is 0 Å². The molecule has 0 aliphatic carbocycles. The van der Waals surface area contributed by atoms with Gasteiger partial charge in [0, 0.05) is 10.0 Å². The standard InChI is InChI=1S/C18H14Cl2F3N3/c19-14-7-13(8-15(20)9-14)17(18(21,22)23)6-3-12-1-4-16(5-2-12)26-11-24-10-25-26/h1-2,4-5,7-11,17H,3,6H2. The summed E-state index contributed by atoms with van der Waals surface area (Å²) in [6, 6.07) is 11.2. The molecule has 8 heteroatoms. The van der Waals surface area contributed by atoms with Gasteiger partial charge in [-0.15, -0.1) is 0 Å². The van der Waals surface area contributed by atoms with E-state index in [1.165, 1.54) is 24.5 Å². The molecule has 0 aliphatic heterocycles. The molecule has 1 aromatic heterocycles. The Morgan fingerprint density at radius 1 is 1.00 bits per heavy atom. The van der Waals surface area contributed by atoms with Crippen molar-refractivity contribution in [3.63, 3.8) is 0 Å². The highest BCUT2D eigenvalue weighted by molar-refractivity contribution is 6.34. The van der Waals surface area contributed by atoms with E-state index >= 15 is 0 Å². The van der Waals surface area contributed by atoms with Gasteiger partial charge in [-0.05, 0) is 54.3 Å². The fourth-order valence-electron chi connectivity index (χ4n) is 2.76. The number of alkyl halides is 3. The number of hydrogen-bond donors (Lipinski definition) is 0. The second kappa shape index (κ2) is 7.68. The number of hydrogen-bond acceptors (Lipinski definition) is 2. The highest BCUT2D eigenvalue weighted by Gasteiger charge is 2.40. The van der Waals surface area contributed by atoms with E-state index in [4.69, 9.17) is 23.2 Å². The van der Waals surface area contributed by atoms with Gasteiger partial charge in [-0.3, -0.25) is 0 Å². The lowest BCUT2D eigenvalue weighted by molar-refractivity contribution is -0.151. The topological polar surface area (TPSA) is 30.7 Å². The van der Waals surface area contributed by atoms with Crippen LogP contribution in [0.3, 0.4) is 0 Å². The van der Waals surface area contributed by atoms with Crippen LogP contribution in [-0.2, 0) is 6.42 Å². The second-order valence-corrected chi connectivity index (χ2v) is 6.72. The van der Waals surface area contributed by atoms with E-state index in [0.717, 1.165) is 11.3 Å². The molecule has 0 N–H and O–H groups in total. The van der Waals surface area contributed by atoms with Gasteiger partial charge in [0.1, 0.15) is 12.7 Å². The van der Waals surface area contributed by atoms with Crippen molar-refractivity contribution in [3.8, 4) is 5.69 Å². The first-order valence-electron chi connectivity index (χ1n) is 7.79. The smallest absolute Gasteiger partial charge is 0.223 e. The molecule has 0 aliphatic rings. The van der Waals surface area contributed by atoms with Crippen LogP contribution in [0.25, 0.3) is 5.69 Å². The number of benzene rings is 2. The third-order valence-corrected chi connectivity index (χ3v) is 4.46. The summed E-state index contributed by atoms with van der Waals surface area (Å²) in [6.07, 6.45) is -1.24. The first-order valence-corrected chi connectivity index (χ1v) is 8.55. The minimum Gasteiger partial charge on any atom is -0.223 e. The van der Waals surface area contributed by atoms with Gasteiger partial charge in [-0.1, -0.05) is 35.3 Å². The average Bonchev–Trinajstić information content (AvgIpc) is 3.08. The highest BCUT2D eigenvalue weighted by Crippen LogP contribution is 2.40. The fourth-order valence-corrected chi connectivity index (χ4v) is 3.31. The van der Waals surface area contributed by atoms with Crippen molar-refractivity contribution in [1.29, 1.82) is 0 Å². The molecule has 3 rings (SSSR count). The van der Waals surface area contributed by atoms with Crippen LogP contribution in [0.15, 0.2) is 55.1 Å². The molecule has 1 atom stereocenters. The molecule has 0 saturated heterocycles. The lowest BCUT2D eigenvalue weighted by Crippen LogP contribution is -2.21. The van der Waals surface area contributed by atoms with Crippen molar-refractivity contribution in [1.82, 2.24) is 14.8 Å². The Balaban J connectivity index is 1.76. The lowest BCUT2D eigenvalue weighted by Gasteiger charge is -2.21. The summed E-state index contributed by atoms with van der Waals surface area (Å²) in [5.74, 6) is -1.63. The predicted octanol–water partition coefficient (Wildman–Crippen LogP) is 5.85. The van der Waals surface area contributed by atoms with Crippen molar-refractivity contribution in [2.24, 2.45) is 0 Å². The Labute approximate surface area is 158 Å². The van der Waals surface area contributed by atoms with Gasteiger partial charge in [0.15, 0.2) is 0 Å². The average molecular weight is 400 g/mol. The van der Waals surface area contributed by atoms with Crippen molar-refractivity contribution >= 4 is 23.2 Å². The summed E-state index contributed by atoms with van der Waals surface area (Å²) in [6.45, 7) is 0. The number of halogens is 5. The van der Waals surface area contributed by atoms with Crippen LogP contribution in [-0.4, -0.2) is 20.9 Å². The third-order valence-electron chi connectivity index (χ3n) is 4.02. The molecule has 1 unspecified atom stereocenters. The summed E-state index contributed by atoms with van der Waals surface area (Å²) in [7, 11) is 0. The van der Waals surface area contributed by atoms with Crippen molar-refractivity contribution in [2.45, 2.75) is 24.9 Å². The van der Waals surface area contributed by atoms with Gasteiger partial charge in [-0.2, -0.15) is 18.3 Å². The Morgan fingerprint density at radius 3 is 2.19 bits per heavy atom. The predicted molar refractivity (Wildman–Crippen MR) is 94.9 cm³/mol. The number of aromatic nitrogens is 3. The van der Waals surface area contributed by atoms with Crippen LogP contribution in [0, 0.1) is 0 Å². The molecule has 136 valence electrons. The van der Waals surface area contributed by atoms with Crippen LogP contribution in [0.2, 0.25) is 10.0 Å². The number of nitrogens with zero attached hydrogens (tertiary/aromatic N) is 3. The maximum atomic E-state index is 13.5. The molecule has 1 heterocycles. The molecular formula is C18H14Cl2F3N3. The van der Waals surface area contributed by atoms with E-state index in [9.17, 15) is 13.2 Å². The van der Waals surface area contributed by atoms with Gasteiger partial charge >= 0.3 is 6.18 Å². The summed E-state index contributed by atoms with van der Waals surface area (Å²) in [5.41, 5.74) is 1.67. The monoisotopic (exact) mass is 399 g/mol. The molecule has 0 radical (unpaired) electrons. The molecule has 0 fully saturated rings. The van der Waals surface area contributed by atoms with Crippen LogP contribution in [0.5, 0.6) is 0 Å². The van der Waals surface area contributed by atoms with E-state index in [2.05, 4.69) is 10.1 Å². The fraction of sp³-hybridized carbons (Fsp3) is 0.222. The SMILES string of the molecule is FC(F)(F)C(CCc1ccc(-n2cncn2)cc1)c1cc(Cl)cc(Cl)c1. The molecule has 26 heavy (non-hydrogen) atoms. The maximum absolute atomic E-state index is 13.5. The Hall–Kier alpha value is -2.05. The van der Waals surface area contributed by atoms with E-state index in [1.54, 1.807) is 35.3 Å². The van der Waals surface area contributed by atoms with Gasteiger partial charge < -0.3 is 0 Å². The molecule has 3 aromatic rings. The Morgan fingerprint density at radius 2 is 1.65 bits per heavy atom. The second-order valence-electron chi connectivity index (χ2n) is 5.84.